The summed E-state index contributed by atoms with van der Waals surface area (Å²) < 4.78 is 0. The molecule has 1 amide bonds. The van der Waals surface area contributed by atoms with Crippen LogP contribution in [-0.2, 0) is 6.54 Å². The van der Waals surface area contributed by atoms with E-state index in [2.05, 4.69) is 28.5 Å². The minimum Gasteiger partial charge on any atom is -0.362 e. The minimum atomic E-state index is -0.0529. The number of carbonyl (C=O) groups excluding carboxylic acids is 1. The van der Waals surface area contributed by atoms with Crippen LogP contribution >= 0.6 is 0 Å². The highest BCUT2D eigenvalue weighted by atomic mass is 16.1. The highest BCUT2D eigenvalue weighted by molar-refractivity contribution is 5.94. The monoisotopic (exact) mass is 304 g/mol. The van der Waals surface area contributed by atoms with Gasteiger partial charge in [0.25, 0.3) is 5.91 Å². The predicted octanol–water partition coefficient (Wildman–Crippen LogP) is 4.23. The van der Waals surface area contributed by atoms with Gasteiger partial charge < -0.3 is 10.3 Å². The van der Waals surface area contributed by atoms with Crippen molar-refractivity contribution in [2.24, 2.45) is 0 Å². The lowest BCUT2D eigenvalue weighted by Crippen LogP contribution is -2.22. The van der Waals surface area contributed by atoms with Crippen LogP contribution in [0.1, 0.15) is 27.3 Å². The molecule has 0 unspecified atom stereocenters. The van der Waals surface area contributed by atoms with Crippen molar-refractivity contribution >= 4 is 5.91 Å². The molecule has 0 spiro atoms. The zero-order valence-corrected chi connectivity index (χ0v) is 13.4. The van der Waals surface area contributed by atoms with Gasteiger partial charge in [-0.1, -0.05) is 42.5 Å². The maximum atomic E-state index is 12.3. The number of aryl methyl sites for hydroxylation is 2. The second-order valence-corrected chi connectivity index (χ2v) is 5.73. The first kappa shape index (κ1) is 15.1. The standard InChI is InChI=1S/C20H20N2O/c1-14-12-19(15(2)22-14)13-21-20(23)18-10-8-17(9-11-18)16-6-4-3-5-7-16/h3-12,22H,13H2,1-2H3,(H,21,23). The number of aromatic nitrogens is 1. The zero-order valence-electron chi connectivity index (χ0n) is 13.4. The van der Waals surface area contributed by atoms with Gasteiger partial charge in [-0.3, -0.25) is 4.79 Å². The van der Waals surface area contributed by atoms with Crippen LogP contribution in [0.15, 0.2) is 60.7 Å². The Hall–Kier alpha value is -2.81. The molecule has 0 bridgehead atoms. The molecule has 0 aliphatic carbocycles. The van der Waals surface area contributed by atoms with Crippen molar-refractivity contribution in [3.63, 3.8) is 0 Å². The number of hydrogen-bond donors (Lipinski definition) is 2. The maximum absolute atomic E-state index is 12.3. The van der Waals surface area contributed by atoms with E-state index >= 15 is 0 Å². The topological polar surface area (TPSA) is 44.9 Å². The Labute approximate surface area is 136 Å². The molecule has 3 nitrogen and oxygen atoms in total. The Morgan fingerprint density at radius 2 is 1.61 bits per heavy atom. The number of hydrogen-bond acceptors (Lipinski definition) is 1. The third-order valence-corrected chi connectivity index (χ3v) is 3.95. The summed E-state index contributed by atoms with van der Waals surface area (Å²) >= 11 is 0. The summed E-state index contributed by atoms with van der Waals surface area (Å²) in [6.07, 6.45) is 0. The van der Waals surface area contributed by atoms with Gasteiger partial charge in [-0.05, 0) is 48.7 Å². The lowest BCUT2D eigenvalue weighted by atomic mass is 10.0. The summed E-state index contributed by atoms with van der Waals surface area (Å²) in [6.45, 7) is 4.57. The lowest BCUT2D eigenvalue weighted by Gasteiger charge is -2.06. The number of nitrogens with one attached hydrogen (secondary N) is 2. The normalized spacial score (nSPS) is 10.5. The smallest absolute Gasteiger partial charge is 0.251 e. The molecule has 0 aliphatic rings. The molecule has 0 saturated heterocycles. The SMILES string of the molecule is Cc1cc(CNC(=O)c2ccc(-c3ccccc3)cc2)c(C)[nH]1. The third-order valence-electron chi connectivity index (χ3n) is 3.95. The molecular weight excluding hydrogens is 284 g/mol. The third kappa shape index (κ3) is 3.51. The first-order valence-electron chi connectivity index (χ1n) is 7.72. The molecule has 3 rings (SSSR count). The molecular formula is C20H20N2O. The molecule has 0 atom stereocenters. The van der Waals surface area contributed by atoms with Crippen LogP contribution in [0.2, 0.25) is 0 Å². The van der Waals surface area contributed by atoms with Crippen LogP contribution < -0.4 is 5.32 Å². The van der Waals surface area contributed by atoms with E-state index in [1.807, 2.05) is 56.3 Å². The molecule has 23 heavy (non-hydrogen) atoms. The second-order valence-electron chi connectivity index (χ2n) is 5.73. The number of amides is 1. The molecule has 1 heterocycles. The van der Waals surface area contributed by atoms with Crippen molar-refractivity contribution in [1.29, 1.82) is 0 Å². The van der Waals surface area contributed by atoms with Crippen molar-refractivity contribution < 1.29 is 4.79 Å². The van der Waals surface area contributed by atoms with Gasteiger partial charge in [0.05, 0.1) is 0 Å². The van der Waals surface area contributed by atoms with Crippen LogP contribution in [0.25, 0.3) is 11.1 Å². The van der Waals surface area contributed by atoms with Crippen molar-refractivity contribution in [1.82, 2.24) is 10.3 Å². The highest BCUT2D eigenvalue weighted by Crippen LogP contribution is 2.19. The highest BCUT2D eigenvalue weighted by Gasteiger charge is 2.08. The minimum absolute atomic E-state index is 0.0529. The summed E-state index contributed by atoms with van der Waals surface area (Å²) in [5, 5.41) is 2.97. The lowest BCUT2D eigenvalue weighted by molar-refractivity contribution is 0.0951. The maximum Gasteiger partial charge on any atom is 0.251 e. The van der Waals surface area contributed by atoms with E-state index in [4.69, 9.17) is 0 Å². The quantitative estimate of drug-likeness (QED) is 0.744. The van der Waals surface area contributed by atoms with E-state index in [1.165, 1.54) is 0 Å². The first-order chi connectivity index (χ1) is 11.1. The van der Waals surface area contributed by atoms with Gasteiger partial charge in [-0.2, -0.15) is 0 Å². The molecule has 2 aromatic carbocycles. The Morgan fingerprint density at radius 3 is 2.22 bits per heavy atom. The molecule has 2 N–H and O–H groups in total. The van der Waals surface area contributed by atoms with Gasteiger partial charge in [-0.25, -0.2) is 0 Å². The molecule has 3 aromatic rings. The summed E-state index contributed by atoms with van der Waals surface area (Å²) in [5.74, 6) is -0.0529. The van der Waals surface area contributed by atoms with E-state index in [9.17, 15) is 4.79 Å². The summed E-state index contributed by atoms with van der Waals surface area (Å²) in [4.78, 5) is 15.5. The Kier molecular flexibility index (Phi) is 4.29. The van der Waals surface area contributed by atoms with Crippen LogP contribution in [0.3, 0.4) is 0 Å². The van der Waals surface area contributed by atoms with Crippen LogP contribution in [-0.4, -0.2) is 10.9 Å². The molecule has 0 aliphatic heterocycles. The zero-order chi connectivity index (χ0) is 16.2. The number of benzene rings is 2. The average molecular weight is 304 g/mol. The van der Waals surface area contributed by atoms with Crippen LogP contribution in [0, 0.1) is 13.8 Å². The first-order valence-corrected chi connectivity index (χ1v) is 7.72. The van der Waals surface area contributed by atoms with Gasteiger partial charge in [0.15, 0.2) is 0 Å². The fourth-order valence-electron chi connectivity index (χ4n) is 2.69. The van der Waals surface area contributed by atoms with Crippen LogP contribution in [0.5, 0.6) is 0 Å². The van der Waals surface area contributed by atoms with Gasteiger partial charge in [-0.15, -0.1) is 0 Å². The van der Waals surface area contributed by atoms with E-state index in [0.717, 1.165) is 28.1 Å². The summed E-state index contributed by atoms with van der Waals surface area (Å²) in [5.41, 5.74) is 6.27. The van der Waals surface area contributed by atoms with E-state index in [1.54, 1.807) is 0 Å². The Balaban J connectivity index is 1.67. The van der Waals surface area contributed by atoms with Crippen molar-refractivity contribution in [2.45, 2.75) is 20.4 Å². The summed E-state index contributed by atoms with van der Waals surface area (Å²) in [6, 6.07) is 19.9. The summed E-state index contributed by atoms with van der Waals surface area (Å²) in [7, 11) is 0. The number of aromatic amines is 1. The van der Waals surface area contributed by atoms with Crippen molar-refractivity contribution in [3.05, 3.63) is 83.2 Å². The Morgan fingerprint density at radius 1 is 0.957 bits per heavy atom. The van der Waals surface area contributed by atoms with Gasteiger partial charge >= 0.3 is 0 Å². The van der Waals surface area contributed by atoms with Crippen LogP contribution in [0.4, 0.5) is 0 Å². The number of H-pyrrole nitrogens is 1. The molecule has 0 radical (unpaired) electrons. The van der Waals surface area contributed by atoms with E-state index in [-0.39, 0.29) is 5.91 Å². The van der Waals surface area contributed by atoms with Gasteiger partial charge in [0, 0.05) is 23.5 Å². The van der Waals surface area contributed by atoms with E-state index in [0.29, 0.717) is 12.1 Å². The largest absolute Gasteiger partial charge is 0.362 e. The van der Waals surface area contributed by atoms with Gasteiger partial charge in [0.1, 0.15) is 0 Å². The molecule has 0 saturated carbocycles. The average Bonchev–Trinajstić information content (AvgIpc) is 2.91. The van der Waals surface area contributed by atoms with Gasteiger partial charge in [0.2, 0.25) is 0 Å². The molecule has 3 heteroatoms. The number of carbonyl (C=O) groups is 1. The Bertz CT molecular complexity index is 801. The fraction of sp³-hybridized carbons (Fsp3) is 0.150. The van der Waals surface area contributed by atoms with E-state index < -0.39 is 0 Å². The fourth-order valence-corrected chi connectivity index (χ4v) is 2.69. The number of rotatable bonds is 4. The predicted molar refractivity (Wildman–Crippen MR) is 93.3 cm³/mol. The molecule has 1 aromatic heterocycles. The second kappa shape index (κ2) is 6.53. The molecule has 116 valence electrons. The van der Waals surface area contributed by atoms with Crippen molar-refractivity contribution in [3.8, 4) is 11.1 Å². The van der Waals surface area contributed by atoms with Crippen molar-refractivity contribution in [2.75, 3.05) is 0 Å². The molecule has 0 fully saturated rings.